The number of imidazole rings is 1. The van der Waals surface area contributed by atoms with E-state index in [1.807, 2.05) is 16.7 Å². The highest BCUT2D eigenvalue weighted by molar-refractivity contribution is 9.10. The van der Waals surface area contributed by atoms with Crippen molar-refractivity contribution in [1.82, 2.24) is 9.55 Å². The molecule has 2 aromatic heterocycles. The molecule has 0 spiro atoms. The molecule has 0 fully saturated rings. The van der Waals surface area contributed by atoms with Crippen molar-refractivity contribution in [3.8, 4) is 11.5 Å². The summed E-state index contributed by atoms with van der Waals surface area (Å²) in [5.41, 5.74) is 0.999. The zero-order chi connectivity index (χ0) is 9.26. The lowest BCUT2D eigenvalue weighted by molar-refractivity contribution is 0.573. The number of hydrogen-bond donors (Lipinski definition) is 0. The minimum absolute atomic E-state index is 0.835. The fourth-order valence-electron chi connectivity index (χ4n) is 1.27. The maximum atomic E-state index is 5.29. The highest BCUT2D eigenvalue weighted by Crippen LogP contribution is 2.23. The van der Waals surface area contributed by atoms with Crippen molar-refractivity contribution in [3.63, 3.8) is 0 Å². The van der Waals surface area contributed by atoms with Gasteiger partial charge < -0.3 is 8.98 Å². The summed E-state index contributed by atoms with van der Waals surface area (Å²) in [6.07, 6.45) is 3.46. The summed E-state index contributed by atoms with van der Waals surface area (Å²) >= 11 is 3.37. The third kappa shape index (κ3) is 1.42. The lowest BCUT2D eigenvalue weighted by Crippen LogP contribution is -1.96. The Morgan fingerprint density at radius 3 is 3.08 bits per heavy atom. The SMILES string of the molecule is CCn1c(-c2ccco2)cnc1Br. The maximum Gasteiger partial charge on any atom is 0.177 e. The molecule has 0 saturated carbocycles. The average Bonchev–Trinajstić information content (AvgIpc) is 2.71. The van der Waals surface area contributed by atoms with Crippen LogP contribution < -0.4 is 0 Å². The Labute approximate surface area is 84.5 Å². The second kappa shape index (κ2) is 3.38. The van der Waals surface area contributed by atoms with Gasteiger partial charge in [0.05, 0.1) is 12.5 Å². The minimum atomic E-state index is 0.835. The standard InChI is InChI=1S/C9H9BrN2O/c1-2-12-7(6-11-9(12)10)8-4-3-5-13-8/h3-6H,2H2,1H3. The van der Waals surface area contributed by atoms with Crippen LogP contribution in [0, 0.1) is 0 Å². The molecule has 2 rings (SSSR count). The van der Waals surface area contributed by atoms with E-state index in [0.29, 0.717) is 0 Å². The third-order valence-corrected chi connectivity index (χ3v) is 2.53. The van der Waals surface area contributed by atoms with Gasteiger partial charge in [0.1, 0.15) is 5.69 Å². The van der Waals surface area contributed by atoms with Crippen LogP contribution in [-0.4, -0.2) is 9.55 Å². The van der Waals surface area contributed by atoms with Gasteiger partial charge in [-0.05, 0) is 35.0 Å². The molecule has 0 bridgehead atoms. The molecule has 0 saturated heterocycles. The van der Waals surface area contributed by atoms with Crippen LogP contribution >= 0.6 is 15.9 Å². The Bertz CT molecular complexity index is 392. The summed E-state index contributed by atoms with van der Waals surface area (Å²) in [5.74, 6) is 0.847. The zero-order valence-electron chi connectivity index (χ0n) is 7.20. The summed E-state index contributed by atoms with van der Waals surface area (Å²) in [4.78, 5) is 4.16. The van der Waals surface area contributed by atoms with E-state index in [9.17, 15) is 0 Å². The van der Waals surface area contributed by atoms with E-state index in [0.717, 1.165) is 22.7 Å². The van der Waals surface area contributed by atoms with Crippen LogP contribution in [0.3, 0.4) is 0 Å². The molecule has 13 heavy (non-hydrogen) atoms. The molecule has 0 radical (unpaired) electrons. The lowest BCUT2D eigenvalue weighted by Gasteiger charge is -2.02. The van der Waals surface area contributed by atoms with Crippen molar-refractivity contribution in [2.45, 2.75) is 13.5 Å². The van der Waals surface area contributed by atoms with Gasteiger partial charge in [0.2, 0.25) is 0 Å². The Hall–Kier alpha value is -1.03. The van der Waals surface area contributed by atoms with Crippen molar-refractivity contribution < 1.29 is 4.42 Å². The van der Waals surface area contributed by atoms with Crippen molar-refractivity contribution >= 4 is 15.9 Å². The first-order chi connectivity index (χ1) is 6.33. The van der Waals surface area contributed by atoms with E-state index in [2.05, 4.69) is 27.8 Å². The fourth-order valence-corrected chi connectivity index (χ4v) is 1.82. The van der Waals surface area contributed by atoms with Crippen LogP contribution in [0.15, 0.2) is 33.7 Å². The van der Waals surface area contributed by atoms with Gasteiger partial charge in [-0.15, -0.1) is 0 Å². The summed E-state index contributed by atoms with van der Waals surface area (Å²) in [6, 6.07) is 3.80. The van der Waals surface area contributed by atoms with Gasteiger partial charge in [-0.1, -0.05) is 0 Å². The smallest absolute Gasteiger partial charge is 0.177 e. The van der Waals surface area contributed by atoms with Gasteiger partial charge in [-0.25, -0.2) is 4.98 Å². The van der Waals surface area contributed by atoms with Crippen LogP contribution in [0.5, 0.6) is 0 Å². The molecule has 0 aliphatic rings. The van der Waals surface area contributed by atoms with E-state index in [4.69, 9.17) is 4.42 Å². The normalized spacial score (nSPS) is 10.6. The van der Waals surface area contributed by atoms with E-state index in [1.54, 1.807) is 12.5 Å². The number of hydrogen-bond acceptors (Lipinski definition) is 2. The van der Waals surface area contributed by atoms with E-state index in [-0.39, 0.29) is 0 Å². The van der Waals surface area contributed by atoms with Gasteiger partial charge in [-0.3, -0.25) is 0 Å². The van der Waals surface area contributed by atoms with Crippen molar-refractivity contribution in [3.05, 3.63) is 29.3 Å². The van der Waals surface area contributed by atoms with Crippen LogP contribution in [-0.2, 0) is 6.54 Å². The van der Waals surface area contributed by atoms with Gasteiger partial charge in [0, 0.05) is 6.54 Å². The molecular formula is C9H9BrN2O. The van der Waals surface area contributed by atoms with Crippen molar-refractivity contribution in [2.24, 2.45) is 0 Å². The molecule has 68 valence electrons. The molecule has 3 nitrogen and oxygen atoms in total. The highest BCUT2D eigenvalue weighted by Gasteiger charge is 2.09. The molecule has 2 aromatic rings. The number of aromatic nitrogens is 2. The fraction of sp³-hybridized carbons (Fsp3) is 0.222. The Morgan fingerprint density at radius 1 is 1.62 bits per heavy atom. The lowest BCUT2D eigenvalue weighted by atomic mass is 10.3. The van der Waals surface area contributed by atoms with Gasteiger partial charge in [-0.2, -0.15) is 0 Å². The quantitative estimate of drug-likeness (QED) is 0.809. The van der Waals surface area contributed by atoms with Crippen LogP contribution in [0.2, 0.25) is 0 Å². The molecule has 0 atom stereocenters. The predicted octanol–water partition coefficient (Wildman–Crippen LogP) is 2.93. The van der Waals surface area contributed by atoms with E-state index in [1.165, 1.54) is 0 Å². The molecule has 0 N–H and O–H groups in total. The number of rotatable bonds is 2. The second-order valence-corrected chi connectivity index (χ2v) is 3.34. The highest BCUT2D eigenvalue weighted by atomic mass is 79.9. The van der Waals surface area contributed by atoms with Crippen molar-refractivity contribution in [2.75, 3.05) is 0 Å². The molecular weight excluding hydrogens is 232 g/mol. The predicted molar refractivity (Wildman–Crippen MR) is 53.3 cm³/mol. The number of furan rings is 1. The first-order valence-electron chi connectivity index (χ1n) is 4.08. The summed E-state index contributed by atoms with van der Waals surface area (Å²) < 4.78 is 8.17. The summed E-state index contributed by atoms with van der Waals surface area (Å²) in [6.45, 7) is 2.94. The second-order valence-electron chi connectivity index (χ2n) is 2.63. The largest absolute Gasteiger partial charge is 0.463 e. The van der Waals surface area contributed by atoms with Crippen molar-refractivity contribution in [1.29, 1.82) is 0 Å². The molecule has 0 aromatic carbocycles. The number of halogens is 1. The average molecular weight is 241 g/mol. The zero-order valence-corrected chi connectivity index (χ0v) is 8.78. The van der Waals surface area contributed by atoms with Gasteiger partial charge >= 0.3 is 0 Å². The molecule has 0 aliphatic heterocycles. The van der Waals surface area contributed by atoms with Crippen LogP contribution in [0.4, 0.5) is 0 Å². The summed E-state index contributed by atoms with van der Waals surface area (Å²) in [7, 11) is 0. The van der Waals surface area contributed by atoms with Gasteiger partial charge in [0.25, 0.3) is 0 Å². The number of nitrogens with zero attached hydrogens (tertiary/aromatic N) is 2. The van der Waals surface area contributed by atoms with E-state index >= 15 is 0 Å². The molecule has 0 aliphatic carbocycles. The Kier molecular flexibility index (Phi) is 2.22. The topological polar surface area (TPSA) is 31.0 Å². The molecule has 4 heteroatoms. The summed E-state index contributed by atoms with van der Waals surface area (Å²) in [5, 5.41) is 0. The first kappa shape index (κ1) is 8.56. The van der Waals surface area contributed by atoms with E-state index < -0.39 is 0 Å². The monoisotopic (exact) mass is 240 g/mol. The molecule has 2 heterocycles. The van der Waals surface area contributed by atoms with Crippen LogP contribution in [0.1, 0.15) is 6.92 Å². The van der Waals surface area contributed by atoms with Crippen LogP contribution in [0.25, 0.3) is 11.5 Å². The first-order valence-corrected chi connectivity index (χ1v) is 4.87. The Morgan fingerprint density at radius 2 is 2.46 bits per heavy atom. The third-order valence-electron chi connectivity index (χ3n) is 1.90. The Balaban J connectivity index is 2.52. The minimum Gasteiger partial charge on any atom is -0.463 e. The van der Waals surface area contributed by atoms with Gasteiger partial charge in [0.15, 0.2) is 10.5 Å². The maximum absolute atomic E-state index is 5.29. The molecule has 0 amide bonds. The molecule has 0 unspecified atom stereocenters.